The van der Waals surface area contributed by atoms with Crippen molar-refractivity contribution in [2.45, 2.75) is 45.4 Å². The Balaban J connectivity index is 1.69. The van der Waals surface area contributed by atoms with Crippen molar-refractivity contribution in [1.29, 1.82) is 0 Å². The molecule has 3 rings (SSSR count). The molecular formula is C19H24N4O3. The summed E-state index contributed by atoms with van der Waals surface area (Å²) in [6.45, 7) is 2.18. The Labute approximate surface area is 152 Å². The Bertz CT molecular complexity index is 728. The van der Waals surface area contributed by atoms with E-state index in [-0.39, 0.29) is 23.6 Å². The molecule has 7 nitrogen and oxygen atoms in total. The van der Waals surface area contributed by atoms with Crippen LogP contribution in [0.1, 0.15) is 55.9 Å². The molecule has 0 saturated heterocycles. The van der Waals surface area contributed by atoms with Gasteiger partial charge < -0.3 is 4.74 Å². The van der Waals surface area contributed by atoms with Crippen molar-refractivity contribution in [1.82, 2.24) is 19.7 Å². The lowest BCUT2D eigenvalue weighted by atomic mass is 9.83. The van der Waals surface area contributed by atoms with Crippen LogP contribution in [0.25, 0.3) is 5.82 Å². The highest BCUT2D eigenvalue weighted by molar-refractivity contribution is 5.94. The van der Waals surface area contributed by atoms with Crippen molar-refractivity contribution in [3.63, 3.8) is 0 Å². The number of hydrogen-bond donors (Lipinski definition) is 0. The molecule has 0 radical (unpaired) electrons. The van der Waals surface area contributed by atoms with E-state index in [1.807, 2.05) is 6.92 Å². The third-order valence-electron chi connectivity index (χ3n) is 4.90. The van der Waals surface area contributed by atoms with Crippen LogP contribution in [0.5, 0.6) is 0 Å². The lowest BCUT2D eigenvalue weighted by Crippen LogP contribution is -2.27. The van der Waals surface area contributed by atoms with Crippen LogP contribution in [0.4, 0.5) is 0 Å². The van der Waals surface area contributed by atoms with Crippen LogP contribution in [-0.4, -0.2) is 38.1 Å². The zero-order valence-electron chi connectivity index (χ0n) is 15.0. The molecule has 1 aliphatic carbocycles. The van der Waals surface area contributed by atoms with Crippen molar-refractivity contribution in [2.24, 2.45) is 11.8 Å². The molecule has 2 aromatic heterocycles. The number of esters is 1. The molecular weight excluding hydrogens is 332 g/mol. The standard InChI is InChI=1S/C19H24N4O3/c1-2-26-19(25)15-7-5-3-4-6-14(15)12-17(24)16-8-9-18(22-21-16)23-11-10-20-13-23/h8-11,13-15H,2-7,12H2,1H3. The SMILES string of the molecule is CCOC(=O)C1CCCCCC1CC(=O)c1ccc(-n2ccnc2)nn1. The van der Waals surface area contributed by atoms with Gasteiger partial charge in [0.2, 0.25) is 0 Å². The van der Waals surface area contributed by atoms with E-state index in [4.69, 9.17) is 4.74 Å². The predicted octanol–water partition coefficient (Wildman–Crippen LogP) is 2.99. The van der Waals surface area contributed by atoms with Crippen molar-refractivity contribution in [3.05, 3.63) is 36.5 Å². The van der Waals surface area contributed by atoms with Crippen LogP contribution in [0, 0.1) is 11.8 Å². The summed E-state index contributed by atoms with van der Waals surface area (Å²) < 4.78 is 6.95. The number of aromatic nitrogens is 4. The van der Waals surface area contributed by atoms with E-state index in [2.05, 4.69) is 15.2 Å². The average Bonchev–Trinajstić information content (AvgIpc) is 3.09. The van der Waals surface area contributed by atoms with Crippen LogP contribution in [0.15, 0.2) is 30.9 Å². The fourth-order valence-electron chi connectivity index (χ4n) is 3.54. The first-order chi connectivity index (χ1) is 12.7. The summed E-state index contributed by atoms with van der Waals surface area (Å²) >= 11 is 0. The third-order valence-corrected chi connectivity index (χ3v) is 4.90. The molecule has 1 aliphatic rings. The van der Waals surface area contributed by atoms with Gasteiger partial charge in [-0.3, -0.25) is 14.2 Å². The largest absolute Gasteiger partial charge is 0.466 e. The van der Waals surface area contributed by atoms with E-state index in [1.54, 1.807) is 35.4 Å². The fourth-order valence-corrected chi connectivity index (χ4v) is 3.54. The molecule has 0 N–H and O–H groups in total. The number of hydrogen-bond acceptors (Lipinski definition) is 6. The molecule has 2 aromatic rings. The highest BCUT2D eigenvalue weighted by atomic mass is 16.5. The minimum Gasteiger partial charge on any atom is -0.466 e. The van der Waals surface area contributed by atoms with Gasteiger partial charge in [-0.05, 0) is 37.8 Å². The van der Waals surface area contributed by atoms with Crippen molar-refractivity contribution < 1.29 is 14.3 Å². The zero-order chi connectivity index (χ0) is 18.4. The summed E-state index contributed by atoms with van der Waals surface area (Å²) in [5, 5.41) is 8.16. The van der Waals surface area contributed by atoms with Crippen molar-refractivity contribution >= 4 is 11.8 Å². The molecule has 0 aliphatic heterocycles. The van der Waals surface area contributed by atoms with Gasteiger partial charge in [0.1, 0.15) is 12.0 Å². The number of rotatable bonds is 6. The summed E-state index contributed by atoms with van der Waals surface area (Å²) in [6.07, 6.45) is 10.2. The number of imidazole rings is 1. The van der Waals surface area contributed by atoms with Gasteiger partial charge in [0.15, 0.2) is 11.6 Å². The molecule has 2 heterocycles. The second-order valence-corrected chi connectivity index (χ2v) is 6.63. The molecule has 26 heavy (non-hydrogen) atoms. The maximum absolute atomic E-state index is 12.7. The van der Waals surface area contributed by atoms with Gasteiger partial charge in [0.05, 0.1) is 12.5 Å². The van der Waals surface area contributed by atoms with E-state index in [1.165, 1.54) is 0 Å². The van der Waals surface area contributed by atoms with E-state index < -0.39 is 0 Å². The molecule has 0 bridgehead atoms. The maximum Gasteiger partial charge on any atom is 0.309 e. The first-order valence-electron chi connectivity index (χ1n) is 9.21. The number of ketones is 1. The van der Waals surface area contributed by atoms with Crippen LogP contribution in [0.3, 0.4) is 0 Å². The molecule has 0 amide bonds. The summed E-state index contributed by atoms with van der Waals surface area (Å²) in [5.41, 5.74) is 0.334. The van der Waals surface area contributed by atoms with E-state index in [9.17, 15) is 9.59 Å². The molecule has 7 heteroatoms. The third kappa shape index (κ3) is 4.33. The lowest BCUT2D eigenvalue weighted by Gasteiger charge is -2.22. The van der Waals surface area contributed by atoms with Crippen LogP contribution in [0.2, 0.25) is 0 Å². The summed E-state index contributed by atoms with van der Waals surface area (Å²) in [6, 6.07) is 3.43. The average molecular weight is 356 g/mol. The number of Topliss-reactive ketones (excluding diaryl/α,β-unsaturated/α-hetero) is 1. The normalized spacial score (nSPS) is 20.3. The Morgan fingerprint density at radius 1 is 1.19 bits per heavy atom. The monoisotopic (exact) mass is 356 g/mol. The van der Waals surface area contributed by atoms with Gasteiger partial charge in [-0.2, -0.15) is 0 Å². The van der Waals surface area contributed by atoms with E-state index in [0.29, 0.717) is 24.5 Å². The topological polar surface area (TPSA) is 87.0 Å². The van der Waals surface area contributed by atoms with Gasteiger partial charge >= 0.3 is 5.97 Å². The van der Waals surface area contributed by atoms with Gasteiger partial charge in [-0.15, -0.1) is 10.2 Å². The van der Waals surface area contributed by atoms with Gasteiger partial charge in [0, 0.05) is 18.8 Å². The predicted molar refractivity (Wildman–Crippen MR) is 94.8 cm³/mol. The number of carbonyl (C=O) groups excluding carboxylic acids is 2. The van der Waals surface area contributed by atoms with Gasteiger partial charge in [0.25, 0.3) is 0 Å². The Hall–Kier alpha value is -2.57. The summed E-state index contributed by atoms with van der Waals surface area (Å²) in [5.74, 6) is 0.182. The quantitative estimate of drug-likeness (QED) is 0.449. The summed E-state index contributed by atoms with van der Waals surface area (Å²) in [7, 11) is 0. The maximum atomic E-state index is 12.7. The first kappa shape index (κ1) is 18.2. The van der Waals surface area contributed by atoms with Crippen molar-refractivity contribution in [2.75, 3.05) is 6.61 Å². The molecule has 1 fully saturated rings. The number of ether oxygens (including phenoxy) is 1. The second kappa shape index (κ2) is 8.69. The van der Waals surface area contributed by atoms with Crippen LogP contribution < -0.4 is 0 Å². The lowest BCUT2D eigenvalue weighted by molar-refractivity contribution is -0.150. The second-order valence-electron chi connectivity index (χ2n) is 6.63. The van der Waals surface area contributed by atoms with Gasteiger partial charge in [-0.1, -0.05) is 19.3 Å². The molecule has 138 valence electrons. The minimum absolute atomic E-state index is 0.0131. The molecule has 0 aromatic carbocycles. The summed E-state index contributed by atoms with van der Waals surface area (Å²) in [4.78, 5) is 28.9. The van der Waals surface area contributed by atoms with Crippen LogP contribution >= 0.6 is 0 Å². The minimum atomic E-state index is -0.195. The highest BCUT2D eigenvalue weighted by Crippen LogP contribution is 2.33. The molecule has 2 unspecified atom stereocenters. The first-order valence-corrected chi connectivity index (χ1v) is 9.21. The number of carbonyl (C=O) groups is 2. The highest BCUT2D eigenvalue weighted by Gasteiger charge is 2.32. The molecule has 1 saturated carbocycles. The smallest absolute Gasteiger partial charge is 0.309 e. The van der Waals surface area contributed by atoms with Crippen molar-refractivity contribution in [3.8, 4) is 5.82 Å². The molecule has 0 spiro atoms. The Morgan fingerprint density at radius 2 is 2.04 bits per heavy atom. The van der Waals surface area contributed by atoms with E-state index in [0.717, 1.165) is 32.1 Å². The van der Waals surface area contributed by atoms with Gasteiger partial charge in [-0.25, -0.2) is 4.98 Å². The zero-order valence-corrected chi connectivity index (χ0v) is 15.0. The molecule has 2 atom stereocenters. The van der Waals surface area contributed by atoms with Crippen LogP contribution in [-0.2, 0) is 9.53 Å². The van der Waals surface area contributed by atoms with E-state index >= 15 is 0 Å². The fraction of sp³-hybridized carbons (Fsp3) is 0.526. The number of nitrogens with zero attached hydrogens (tertiary/aromatic N) is 4. The Kier molecular flexibility index (Phi) is 6.09. The Morgan fingerprint density at radius 3 is 2.73 bits per heavy atom.